The molecule has 0 spiro atoms. The molecule has 0 unspecified atom stereocenters. The standard InChI is InChI=1S/C23H32O5S2/c1-22(2,23-13-16-10-17(14-23)12-18(11-16)15-23)27-21(24)8-9-29-20-6-4-19(5-7-20)28-30(3,25)26/h4-7,16-18H,8-15H2,1-3H3. The largest absolute Gasteiger partial charge is 0.459 e. The molecule has 1 aromatic rings. The van der Waals surface area contributed by atoms with E-state index in [1.54, 1.807) is 36.0 Å². The van der Waals surface area contributed by atoms with Gasteiger partial charge in [0.15, 0.2) is 0 Å². The molecule has 5 nitrogen and oxygen atoms in total. The fraction of sp³-hybridized carbons (Fsp3) is 0.696. The maximum absolute atomic E-state index is 12.6. The van der Waals surface area contributed by atoms with Crippen LogP contribution in [0.4, 0.5) is 0 Å². The maximum Gasteiger partial charge on any atom is 0.307 e. The van der Waals surface area contributed by atoms with Gasteiger partial charge in [-0.15, -0.1) is 11.8 Å². The summed E-state index contributed by atoms with van der Waals surface area (Å²) in [7, 11) is -3.52. The number of hydrogen-bond acceptors (Lipinski definition) is 6. The van der Waals surface area contributed by atoms with Crippen LogP contribution in [0.2, 0.25) is 0 Å². The minimum Gasteiger partial charge on any atom is -0.459 e. The summed E-state index contributed by atoms with van der Waals surface area (Å²) in [5.41, 5.74) is -0.241. The maximum atomic E-state index is 12.6. The van der Waals surface area contributed by atoms with Crippen molar-refractivity contribution in [2.45, 2.75) is 69.3 Å². The number of thioether (sulfide) groups is 1. The minimum atomic E-state index is -3.52. The molecular weight excluding hydrogens is 420 g/mol. The molecule has 4 aliphatic rings. The van der Waals surface area contributed by atoms with Gasteiger partial charge in [0.05, 0.1) is 12.7 Å². The normalized spacial score (nSPS) is 30.3. The van der Waals surface area contributed by atoms with Gasteiger partial charge >= 0.3 is 16.1 Å². The summed E-state index contributed by atoms with van der Waals surface area (Å²) < 4.78 is 33.3. The summed E-state index contributed by atoms with van der Waals surface area (Å²) in [6, 6.07) is 6.85. The fourth-order valence-corrected chi connectivity index (χ4v) is 7.60. The quantitative estimate of drug-likeness (QED) is 0.312. The molecule has 4 aliphatic carbocycles. The van der Waals surface area contributed by atoms with Crippen molar-refractivity contribution in [1.82, 2.24) is 0 Å². The lowest BCUT2D eigenvalue weighted by atomic mass is 9.46. The Morgan fingerprint density at radius 2 is 1.60 bits per heavy atom. The molecule has 5 rings (SSSR count). The first kappa shape index (κ1) is 22.0. The molecule has 4 bridgehead atoms. The predicted molar refractivity (Wildman–Crippen MR) is 118 cm³/mol. The van der Waals surface area contributed by atoms with Crippen molar-refractivity contribution < 1.29 is 22.1 Å². The number of hydrogen-bond donors (Lipinski definition) is 0. The van der Waals surface area contributed by atoms with E-state index in [4.69, 9.17) is 8.92 Å². The molecule has 0 aromatic heterocycles. The zero-order valence-corrected chi connectivity index (χ0v) is 19.7. The predicted octanol–water partition coefficient (Wildman–Crippen LogP) is 5.05. The molecule has 7 heteroatoms. The van der Waals surface area contributed by atoms with E-state index in [9.17, 15) is 13.2 Å². The second-order valence-electron chi connectivity index (χ2n) is 10.0. The molecule has 0 N–H and O–H groups in total. The van der Waals surface area contributed by atoms with Crippen LogP contribution in [0, 0.1) is 23.2 Å². The van der Waals surface area contributed by atoms with Crippen LogP contribution in [-0.4, -0.2) is 32.0 Å². The van der Waals surface area contributed by atoms with Crippen molar-refractivity contribution in [3.8, 4) is 5.75 Å². The van der Waals surface area contributed by atoms with Crippen molar-refractivity contribution in [3.63, 3.8) is 0 Å². The smallest absolute Gasteiger partial charge is 0.307 e. The monoisotopic (exact) mass is 452 g/mol. The average Bonchev–Trinajstić information content (AvgIpc) is 2.60. The molecule has 0 amide bonds. The van der Waals surface area contributed by atoms with Gasteiger partial charge in [-0.1, -0.05) is 0 Å². The van der Waals surface area contributed by atoms with E-state index >= 15 is 0 Å². The molecule has 0 radical (unpaired) electrons. The van der Waals surface area contributed by atoms with Crippen LogP contribution in [0.3, 0.4) is 0 Å². The summed E-state index contributed by atoms with van der Waals surface area (Å²) in [5, 5.41) is 0. The highest BCUT2D eigenvalue weighted by molar-refractivity contribution is 7.99. The zero-order valence-electron chi connectivity index (χ0n) is 18.1. The Bertz CT molecular complexity index is 853. The first-order valence-electron chi connectivity index (χ1n) is 10.9. The molecule has 0 heterocycles. The molecule has 0 atom stereocenters. The van der Waals surface area contributed by atoms with E-state index in [2.05, 4.69) is 13.8 Å². The molecule has 4 fully saturated rings. The Kier molecular flexibility index (Phi) is 5.90. The molecule has 0 aliphatic heterocycles. The summed E-state index contributed by atoms with van der Waals surface area (Å²) in [4.78, 5) is 13.6. The van der Waals surface area contributed by atoms with Crippen molar-refractivity contribution in [2.75, 3.05) is 12.0 Å². The van der Waals surface area contributed by atoms with Crippen LogP contribution in [0.5, 0.6) is 5.75 Å². The molecular formula is C23H32O5S2. The van der Waals surface area contributed by atoms with Crippen LogP contribution in [0.1, 0.15) is 58.8 Å². The zero-order chi connectivity index (χ0) is 21.6. The molecule has 166 valence electrons. The van der Waals surface area contributed by atoms with Crippen LogP contribution < -0.4 is 4.18 Å². The topological polar surface area (TPSA) is 69.7 Å². The highest BCUT2D eigenvalue weighted by Gasteiger charge is 2.58. The van der Waals surface area contributed by atoms with E-state index in [-0.39, 0.29) is 11.4 Å². The Balaban J connectivity index is 1.28. The van der Waals surface area contributed by atoms with Gasteiger partial charge in [0.25, 0.3) is 0 Å². The molecule has 0 saturated heterocycles. The van der Waals surface area contributed by atoms with Crippen molar-refractivity contribution in [3.05, 3.63) is 24.3 Å². The lowest BCUT2D eigenvalue weighted by Crippen LogP contribution is -2.57. The van der Waals surface area contributed by atoms with Crippen molar-refractivity contribution in [2.24, 2.45) is 23.2 Å². The van der Waals surface area contributed by atoms with Gasteiger partial charge in [-0.2, -0.15) is 8.42 Å². The van der Waals surface area contributed by atoms with Crippen LogP contribution in [0.15, 0.2) is 29.2 Å². The Morgan fingerprint density at radius 3 is 2.10 bits per heavy atom. The first-order valence-corrected chi connectivity index (χ1v) is 13.7. The van der Waals surface area contributed by atoms with Gasteiger partial charge in [0, 0.05) is 16.1 Å². The van der Waals surface area contributed by atoms with Gasteiger partial charge in [-0.05, 0) is 94.4 Å². The third kappa shape index (κ3) is 4.82. The number of benzene rings is 1. The van der Waals surface area contributed by atoms with E-state index in [1.807, 2.05) is 0 Å². The Labute approximate surface area is 184 Å². The van der Waals surface area contributed by atoms with E-state index in [0.717, 1.165) is 28.9 Å². The lowest BCUT2D eigenvalue weighted by Gasteiger charge is -2.61. The molecule has 4 saturated carbocycles. The summed E-state index contributed by atoms with van der Waals surface area (Å²) in [5.74, 6) is 3.29. The summed E-state index contributed by atoms with van der Waals surface area (Å²) >= 11 is 1.56. The van der Waals surface area contributed by atoms with Gasteiger partial charge in [0.2, 0.25) is 0 Å². The van der Waals surface area contributed by atoms with E-state index < -0.39 is 15.7 Å². The third-order valence-corrected chi connectivity index (χ3v) is 8.84. The third-order valence-electron chi connectivity index (χ3n) is 7.33. The first-order chi connectivity index (χ1) is 14.0. The fourth-order valence-electron chi connectivity index (χ4n) is 6.31. The number of carbonyl (C=O) groups is 1. The van der Waals surface area contributed by atoms with Crippen molar-refractivity contribution in [1.29, 1.82) is 0 Å². The van der Waals surface area contributed by atoms with Gasteiger partial charge in [-0.3, -0.25) is 4.79 Å². The second-order valence-corrected chi connectivity index (χ2v) is 12.8. The summed E-state index contributed by atoms with van der Waals surface area (Å²) in [6.45, 7) is 4.26. The van der Waals surface area contributed by atoms with E-state index in [1.165, 1.54) is 38.5 Å². The lowest BCUT2D eigenvalue weighted by molar-refractivity contribution is -0.198. The number of ether oxygens (including phenoxy) is 1. The van der Waals surface area contributed by atoms with E-state index in [0.29, 0.717) is 17.9 Å². The highest BCUT2D eigenvalue weighted by atomic mass is 32.2. The van der Waals surface area contributed by atoms with Gasteiger partial charge in [-0.25, -0.2) is 0 Å². The summed E-state index contributed by atoms with van der Waals surface area (Å²) in [6.07, 6.45) is 9.19. The number of carbonyl (C=O) groups excluding carboxylic acids is 1. The highest BCUT2D eigenvalue weighted by Crippen LogP contribution is 2.64. The van der Waals surface area contributed by atoms with Gasteiger partial charge < -0.3 is 8.92 Å². The van der Waals surface area contributed by atoms with Crippen LogP contribution in [-0.2, 0) is 19.6 Å². The Morgan fingerprint density at radius 1 is 1.07 bits per heavy atom. The number of rotatable bonds is 8. The SMILES string of the molecule is CC(C)(OC(=O)CCSc1ccc(OS(C)(=O)=O)cc1)C12CC3CC(CC(C3)C1)C2. The van der Waals surface area contributed by atoms with Gasteiger partial charge in [0.1, 0.15) is 11.4 Å². The average molecular weight is 453 g/mol. The molecule has 1 aromatic carbocycles. The Hall–Kier alpha value is -1.21. The van der Waals surface area contributed by atoms with Crippen LogP contribution >= 0.6 is 11.8 Å². The van der Waals surface area contributed by atoms with Crippen molar-refractivity contribution >= 4 is 27.8 Å². The minimum absolute atomic E-state index is 0.125. The second kappa shape index (κ2) is 8.05. The molecule has 30 heavy (non-hydrogen) atoms. The van der Waals surface area contributed by atoms with Crippen LogP contribution in [0.25, 0.3) is 0 Å². The number of esters is 1.